The summed E-state index contributed by atoms with van der Waals surface area (Å²) in [5.74, 6) is -0.321. The molecule has 0 aliphatic heterocycles. The van der Waals surface area contributed by atoms with Crippen molar-refractivity contribution >= 4 is 17.7 Å². The predicted molar refractivity (Wildman–Crippen MR) is 112 cm³/mol. The van der Waals surface area contributed by atoms with Gasteiger partial charge < -0.3 is 10.1 Å². The van der Waals surface area contributed by atoms with E-state index in [4.69, 9.17) is 4.74 Å². The van der Waals surface area contributed by atoms with Crippen LogP contribution in [0.4, 0.5) is 0 Å². The summed E-state index contributed by atoms with van der Waals surface area (Å²) < 4.78 is 6.99. The van der Waals surface area contributed by atoms with Crippen molar-refractivity contribution in [1.29, 1.82) is 0 Å². The van der Waals surface area contributed by atoms with Crippen LogP contribution in [0.3, 0.4) is 0 Å². The first-order valence-electron chi connectivity index (χ1n) is 10.1. The molecule has 0 bridgehead atoms. The van der Waals surface area contributed by atoms with E-state index in [1.54, 1.807) is 11.4 Å². The van der Waals surface area contributed by atoms with Crippen molar-refractivity contribution in [2.24, 2.45) is 0 Å². The number of rotatable bonds is 8. The van der Waals surface area contributed by atoms with E-state index in [0.717, 1.165) is 29.7 Å². The fourth-order valence-electron chi connectivity index (χ4n) is 3.43. The first-order chi connectivity index (χ1) is 14.4. The van der Waals surface area contributed by atoms with Gasteiger partial charge in [-0.25, -0.2) is 9.50 Å². The molecule has 0 radical (unpaired) electrons. The Labute approximate surface area is 175 Å². The van der Waals surface area contributed by atoms with Gasteiger partial charge in [0.1, 0.15) is 6.33 Å². The SMILES string of the molecule is CCC[C@@H](NC(=O)[C@@H](C)OC(=O)Cc1c(C)nc2ncnn2c1C)c1ccccc1. The fraction of sp³-hybridized carbons (Fsp3) is 0.409. The first kappa shape index (κ1) is 21.4. The maximum Gasteiger partial charge on any atom is 0.311 e. The Bertz CT molecular complexity index is 1030. The number of nitrogens with one attached hydrogen (secondary N) is 1. The van der Waals surface area contributed by atoms with Crippen molar-refractivity contribution in [3.8, 4) is 0 Å². The predicted octanol–water partition coefficient (Wildman–Crippen LogP) is 2.87. The van der Waals surface area contributed by atoms with Crippen LogP contribution in [0, 0.1) is 13.8 Å². The van der Waals surface area contributed by atoms with Gasteiger partial charge in [0.2, 0.25) is 0 Å². The number of carbonyl (C=O) groups is 2. The number of carbonyl (C=O) groups excluding carboxylic acids is 2. The first-order valence-corrected chi connectivity index (χ1v) is 10.1. The minimum atomic E-state index is -0.899. The molecule has 1 aromatic carbocycles. The van der Waals surface area contributed by atoms with E-state index in [1.807, 2.05) is 44.2 Å². The topological polar surface area (TPSA) is 98.5 Å². The summed E-state index contributed by atoms with van der Waals surface area (Å²) in [5.41, 5.74) is 3.22. The van der Waals surface area contributed by atoms with E-state index < -0.39 is 12.1 Å². The highest BCUT2D eigenvalue weighted by atomic mass is 16.5. The van der Waals surface area contributed by atoms with Crippen LogP contribution in [0.5, 0.6) is 0 Å². The van der Waals surface area contributed by atoms with Gasteiger partial charge in [0, 0.05) is 17.0 Å². The molecule has 8 nitrogen and oxygen atoms in total. The minimum Gasteiger partial charge on any atom is -0.452 e. The third-order valence-corrected chi connectivity index (χ3v) is 5.08. The number of aromatic nitrogens is 4. The van der Waals surface area contributed by atoms with Crippen LogP contribution >= 0.6 is 0 Å². The number of nitrogens with zero attached hydrogens (tertiary/aromatic N) is 4. The van der Waals surface area contributed by atoms with Crippen molar-refractivity contribution < 1.29 is 14.3 Å². The fourth-order valence-corrected chi connectivity index (χ4v) is 3.43. The van der Waals surface area contributed by atoms with Crippen LogP contribution in [0.15, 0.2) is 36.7 Å². The molecule has 30 heavy (non-hydrogen) atoms. The quantitative estimate of drug-likeness (QED) is 0.575. The zero-order chi connectivity index (χ0) is 21.7. The van der Waals surface area contributed by atoms with Gasteiger partial charge >= 0.3 is 5.97 Å². The lowest BCUT2D eigenvalue weighted by Gasteiger charge is -2.21. The normalized spacial score (nSPS) is 13.1. The molecule has 0 unspecified atom stereocenters. The number of amides is 1. The second-order valence-corrected chi connectivity index (χ2v) is 7.30. The molecule has 0 saturated heterocycles. The number of ether oxygens (including phenoxy) is 1. The molecule has 158 valence electrons. The Morgan fingerprint density at radius 3 is 2.63 bits per heavy atom. The Morgan fingerprint density at radius 1 is 1.20 bits per heavy atom. The van der Waals surface area contributed by atoms with E-state index in [2.05, 4.69) is 27.3 Å². The second-order valence-electron chi connectivity index (χ2n) is 7.30. The van der Waals surface area contributed by atoms with Gasteiger partial charge in [-0.1, -0.05) is 43.7 Å². The van der Waals surface area contributed by atoms with E-state index in [1.165, 1.54) is 6.33 Å². The van der Waals surface area contributed by atoms with Crippen molar-refractivity contribution in [2.45, 2.75) is 59.1 Å². The molecular weight excluding hydrogens is 382 g/mol. The van der Waals surface area contributed by atoms with Gasteiger partial charge in [-0.2, -0.15) is 10.1 Å². The molecular formula is C22H27N5O3. The van der Waals surface area contributed by atoms with Crippen molar-refractivity contribution in [3.63, 3.8) is 0 Å². The highest BCUT2D eigenvalue weighted by Crippen LogP contribution is 2.19. The summed E-state index contributed by atoms with van der Waals surface area (Å²) in [7, 11) is 0. The molecule has 3 rings (SSSR count). The van der Waals surface area contributed by atoms with Gasteiger partial charge in [0.25, 0.3) is 11.7 Å². The van der Waals surface area contributed by atoms with Crippen molar-refractivity contribution in [1.82, 2.24) is 24.9 Å². The molecule has 2 heterocycles. The van der Waals surface area contributed by atoms with Crippen LogP contribution in [0.1, 0.15) is 55.2 Å². The summed E-state index contributed by atoms with van der Waals surface area (Å²) in [5, 5.41) is 7.12. The number of hydrogen-bond acceptors (Lipinski definition) is 6. The van der Waals surface area contributed by atoms with Crippen LogP contribution in [0.2, 0.25) is 0 Å². The molecule has 0 saturated carbocycles. The Balaban J connectivity index is 1.64. The largest absolute Gasteiger partial charge is 0.452 e. The molecule has 8 heteroatoms. The number of hydrogen-bond donors (Lipinski definition) is 1. The smallest absolute Gasteiger partial charge is 0.311 e. The molecule has 1 N–H and O–H groups in total. The summed E-state index contributed by atoms with van der Waals surface area (Å²) >= 11 is 0. The number of aryl methyl sites for hydroxylation is 2. The monoisotopic (exact) mass is 409 g/mol. The molecule has 0 aliphatic rings. The number of benzene rings is 1. The third-order valence-electron chi connectivity index (χ3n) is 5.08. The average Bonchev–Trinajstić information content (AvgIpc) is 3.19. The summed E-state index contributed by atoms with van der Waals surface area (Å²) in [6.45, 7) is 7.32. The zero-order valence-corrected chi connectivity index (χ0v) is 17.8. The van der Waals surface area contributed by atoms with Crippen LogP contribution in [-0.2, 0) is 20.7 Å². The van der Waals surface area contributed by atoms with Crippen molar-refractivity contribution in [3.05, 3.63) is 59.2 Å². The third kappa shape index (κ3) is 4.82. The Kier molecular flexibility index (Phi) is 6.76. The second kappa shape index (κ2) is 9.47. The summed E-state index contributed by atoms with van der Waals surface area (Å²) in [6, 6.07) is 9.67. The van der Waals surface area contributed by atoms with Crippen LogP contribution in [-0.4, -0.2) is 37.6 Å². The van der Waals surface area contributed by atoms with Crippen LogP contribution < -0.4 is 5.32 Å². The lowest BCUT2D eigenvalue weighted by molar-refractivity contribution is -0.154. The lowest BCUT2D eigenvalue weighted by Crippen LogP contribution is -2.38. The van der Waals surface area contributed by atoms with Gasteiger partial charge in [-0.05, 0) is 32.8 Å². The Morgan fingerprint density at radius 2 is 1.93 bits per heavy atom. The highest BCUT2D eigenvalue weighted by molar-refractivity contribution is 5.84. The van der Waals surface area contributed by atoms with Gasteiger partial charge in [-0.15, -0.1) is 0 Å². The average molecular weight is 409 g/mol. The van der Waals surface area contributed by atoms with Crippen LogP contribution in [0.25, 0.3) is 5.78 Å². The highest BCUT2D eigenvalue weighted by Gasteiger charge is 2.23. The molecule has 0 fully saturated rings. The van der Waals surface area contributed by atoms with Gasteiger partial charge in [0.05, 0.1) is 12.5 Å². The summed E-state index contributed by atoms with van der Waals surface area (Å²) in [4.78, 5) is 33.6. The molecule has 1 amide bonds. The molecule has 2 aromatic heterocycles. The van der Waals surface area contributed by atoms with Gasteiger partial charge in [-0.3, -0.25) is 9.59 Å². The lowest BCUT2D eigenvalue weighted by atomic mass is 10.0. The van der Waals surface area contributed by atoms with Crippen molar-refractivity contribution in [2.75, 3.05) is 0 Å². The minimum absolute atomic E-state index is 0.00909. The zero-order valence-electron chi connectivity index (χ0n) is 17.8. The maximum absolute atomic E-state index is 12.6. The Hall–Kier alpha value is -3.29. The molecule has 0 spiro atoms. The molecule has 0 aliphatic carbocycles. The standard InChI is InChI=1S/C22H27N5O3/c1-5-9-19(17-10-7-6-8-11-17)26-21(29)16(4)30-20(28)12-18-14(2)25-22-23-13-24-27(22)15(18)3/h6-8,10-11,13,16,19H,5,9,12H2,1-4H3,(H,26,29)/t16-,19-/m1/s1. The summed E-state index contributed by atoms with van der Waals surface area (Å²) in [6.07, 6.45) is 2.25. The molecule has 2 atom stereocenters. The van der Waals surface area contributed by atoms with E-state index in [9.17, 15) is 9.59 Å². The maximum atomic E-state index is 12.6. The number of fused-ring (bicyclic) bond motifs is 1. The van der Waals surface area contributed by atoms with E-state index in [-0.39, 0.29) is 18.4 Å². The van der Waals surface area contributed by atoms with Gasteiger partial charge in [0.15, 0.2) is 6.10 Å². The van der Waals surface area contributed by atoms with E-state index >= 15 is 0 Å². The number of esters is 1. The molecule has 3 aromatic rings. The van der Waals surface area contributed by atoms with E-state index in [0.29, 0.717) is 11.5 Å².